The van der Waals surface area contributed by atoms with Gasteiger partial charge in [-0.15, -0.1) is 0 Å². The van der Waals surface area contributed by atoms with Crippen molar-refractivity contribution in [3.63, 3.8) is 0 Å². The molecule has 0 aliphatic carbocycles. The van der Waals surface area contributed by atoms with Crippen molar-refractivity contribution in [2.24, 2.45) is 0 Å². The predicted octanol–water partition coefficient (Wildman–Crippen LogP) is 0.768. The molecule has 0 aliphatic rings. The molecule has 0 spiro atoms. The molecule has 1 aromatic carbocycles. The number of likely N-dealkylation sites (N-methyl/N-ethyl adjacent to an activating group) is 1. The summed E-state index contributed by atoms with van der Waals surface area (Å²) in [4.78, 5) is 22.6. The zero-order valence-electron chi connectivity index (χ0n) is 11.0. The first-order chi connectivity index (χ1) is 9.64. The zero-order valence-corrected chi connectivity index (χ0v) is 11.8. The van der Waals surface area contributed by atoms with E-state index in [2.05, 4.69) is 0 Å². The third kappa shape index (κ3) is 4.48. The van der Waals surface area contributed by atoms with Gasteiger partial charge in [0.1, 0.15) is 6.54 Å². The van der Waals surface area contributed by atoms with Crippen LogP contribution in [0.4, 0.5) is 8.78 Å². The first kappa shape index (κ1) is 17.0. The van der Waals surface area contributed by atoms with Gasteiger partial charge in [0.25, 0.3) is 0 Å². The van der Waals surface area contributed by atoms with Crippen molar-refractivity contribution in [2.75, 3.05) is 13.6 Å². The van der Waals surface area contributed by atoms with Crippen LogP contribution in [-0.4, -0.2) is 49.7 Å². The Balaban J connectivity index is 2.80. The Labute approximate surface area is 119 Å². The number of halogens is 2. The van der Waals surface area contributed by atoms with E-state index in [4.69, 9.17) is 5.11 Å². The predicted molar refractivity (Wildman–Crippen MR) is 68.6 cm³/mol. The Bertz CT molecular complexity index is 628. The third-order valence-corrected chi connectivity index (χ3v) is 4.04. The van der Waals surface area contributed by atoms with Gasteiger partial charge in [-0.3, -0.25) is 9.59 Å². The van der Waals surface area contributed by atoms with Gasteiger partial charge in [-0.25, -0.2) is 8.42 Å². The number of alkyl halides is 2. The molecule has 0 radical (unpaired) electrons. The minimum atomic E-state index is -4.66. The van der Waals surface area contributed by atoms with E-state index < -0.39 is 38.9 Å². The van der Waals surface area contributed by atoms with E-state index in [9.17, 15) is 26.8 Å². The first-order valence-electron chi connectivity index (χ1n) is 5.71. The lowest BCUT2D eigenvalue weighted by atomic mass is 10.1. The minimum Gasteiger partial charge on any atom is -0.480 e. The second-order valence-electron chi connectivity index (χ2n) is 4.27. The lowest BCUT2D eigenvalue weighted by molar-refractivity contribution is -0.143. The van der Waals surface area contributed by atoms with Gasteiger partial charge in [-0.2, -0.15) is 8.78 Å². The molecule has 1 N–H and O–H groups in total. The number of carbonyl (C=O) groups excluding carboxylic acids is 1. The summed E-state index contributed by atoms with van der Waals surface area (Å²) in [6, 6.07) is 4.45. The van der Waals surface area contributed by atoms with Gasteiger partial charge in [-0.1, -0.05) is 12.1 Å². The first-order valence-corrected chi connectivity index (χ1v) is 7.26. The molecule has 1 rings (SSSR count). The van der Waals surface area contributed by atoms with Crippen molar-refractivity contribution in [3.8, 4) is 0 Å². The maximum atomic E-state index is 12.3. The number of hydrogen-bond donors (Lipinski definition) is 1. The van der Waals surface area contributed by atoms with Crippen molar-refractivity contribution in [1.82, 2.24) is 4.90 Å². The highest BCUT2D eigenvalue weighted by molar-refractivity contribution is 7.91. The summed E-state index contributed by atoms with van der Waals surface area (Å²) >= 11 is 0. The SMILES string of the molecule is CN(CC(=O)O)C(=O)Cc1ccc(S(=O)(=O)C(F)F)cc1. The van der Waals surface area contributed by atoms with Crippen molar-refractivity contribution in [1.29, 1.82) is 0 Å². The fourth-order valence-corrected chi connectivity index (χ4v) is 2.22. The number of aliphatic carboxylic acids is 1. The quantitative estimate of drug-likeness (QED) is 0.835. The molecule has 0 saturated heterocycles. The van der Waals surface area contributed by atoms with E-state index in [0.29, 0.717) is 5.56 Å². The summed E-state index contributed by atoms with van der Waals surface area (Å²) in [5.41, 5.74) is 0.394. The van der Waals surface area contributed by atoms with Crippen LogP contribution in [0.15, 0.2) is 29.2 Å². The lowest BCUT2D eigenvalue weighted by Gasteiger charge is -2.14. The Morgan fingerprint density at radius 3 is 2.19 bits per heavy atom. The Kier molecular flexibility index (Phi) is 5.36. The van der Waals surface area contributed by atoms with Crippen molar-refractivity contribution in [3.05, 3.63) is 29.8 Å². The van der Waals surface area contributed by atoms with Crippen LogP contribution < -0.4 is 0 Å². The molecule has 0 heterocycles. The van der Waals surface area contributed by atoms with Crippen LogP contribution in [0.5, 0.6) is 0 Å². The molecule has 0 fully saturated rings. The zero-order chi connectivity index (χ0) is 16.2. The summed E-state index contributed by atoms with van der Waals surface area (Å²) in [7, 11) is -3.35. The summed E-state index contributed by atoms with van der Waals surface area (Å²) in [5.74, 6) is -5.15. The molecule has 1 amide bonds. The average molecular weight is 321 g/mol. The summed E-state index contributed by atoms with van der Waals surface area (Å²) < 4.78 is 47.1. The van der Waals surface area contributed by atoms with Gasteiger partial charge in [-0.05, 0) is 17.7 Å². The number of sulfone groups is 1. The summed E-state index contributed by atoms with van der Waals surface area (Å²) in [5, 5.41) is 8.55. The highest BCUT2D eigenvalue weighted by atomic mass is 32.2. The van der Waals surface area contributed by atoms with Gasteiger partial charge in [0.15, 0.2) is 0 Å². The van der Waals surface area contributed by atoms with Crippen LogP contribution in [0.2, 0.25) is 0 Å². The summed E-state index contributed by atoms with van der Waals surface area (Å²) in [6.07, 6.45) is -0.154. The van der Waals surface area contributed by atoms with Crippen LogP contribution in [0.3, 0.4) is 0 Å². The van der Waals surface area contributed by atoms with Crippen LogP contribution >= 0.6 is 0 Å². The molecule has 21 heavy (non-hydrogen) atoms. The van der Waals surface area contributed by atoms with Crippen LogP contribution in [0.25, 0.3) is 0 Å². The molecule has 0 atom stereocenters. The number of benzene rings is 1. The monoisotopic (exact) mass is 321 g/mol. The standard InChI is InChI=1S/C12H13F2NO5S/c1-15(7-11(17)18)10(16)6-8-2-4-9(5-3-8)21(19,20)12(13)14/h2-5,12H,6-7H2,1H3,(H,17,18). The third-order valence-electron chi connectivity index (χ3n) is 2.64. The van der Waals surface area contributed by atoms with Gasteiger partial charge in [0, 0.05) is 7.05 Å². The second-order valence-corrected chi connectivity index (χ2v) is 6.19. The smallest absolute Gasteiger partial charge is 0.341 e. The van der Waals surface area contributed by atoms with E-state index in [-0.39, 0.29) is 6.42 Å². The van der Waals surface area contributed by atoms with E-state index in [1.807, 2.05) is 0 Å². The molecule has 0 saturated carbocycles. The maximum Gasteiger partial charge on any atom is 0.341 e. The average Bonchev–Trinajstić information content (AvgIpc) is 2.38. The normalized spacial score (nSPS) is 11.4. The molecule has 1 aromatic rings. The van der Waals surface area contributed by atoms with Gasteiger partial charge >= 0.3 is 11.7 Å². The molecule has 0 bridgehead atoms. The Morgan fingerprint density at radius 2 is 1.76 bits per heavy atom. The van der Waals surface area contributed by atoms with E-state index >= 15 is 0 Å². The number of rotatable bonds is 6. The molecule has 0 unspecified atom stereocenters. The minimum absolute atomic E-state index is 0.154. The number of carboxylic acid groups (broad SMARTS) is 1. The molecule has 6 nitrogen and oxygen atoms in total. The highest BCUT2D eigenvalue weighted by Gasteiger charge is 2.26. The topological polar surface area (TPSA) is 91.8 Å². The lowest BCUT2D eigenvalue weighted by Crippen LogP contribution is -2.33. The molecule has 0 aromatic heterocycles. The molecule has 116 valence electrons. The van der Waals surface area contributed by atoms with E-state index in [1.165, 1.54) is 19.2 Å². The van der Waals surface area contributed by atoms with Crippen LogP contribution in [0.1, 0.15) is 5.56 Å². The maximum absolute atomic E-state index is 12.3. The van der Waals surface area contributed by atoms with Gasteiger partial charge < -0.3 is 10.0 Å². The van der Waals surface area contributed by atoms with Gasteiger partial charge in [0.2, 0.25) is 15.7 Å². The van der Waals surface area contributed by atoms with Crippen molar-refractivity contribution >= 4 is 21.7 Å². The van der Waals surface area contributed by atoms with E-state index in [0.717, 1.165) is 17.0 Å². The fourth-order valence-electron chi connectivity index (χ4n) is 1.50. The van der Waals surface area contributed by atoms with E-state index in [1.54, 1.807) is 0 Å². The molecular formula is C12H13F2NO5S. The second kappa shape index (κ2) is 6.61. The number of carboxylic acids is 1. The number of carbonyl (C=O) groups is 2. The largest absolute Gasteiger partial charge is 0.480 e. The summed E-state index contributed by atoms with van der Waals surface area (Å²) in [6.45, 7) is -0.462. The Morgan fingerprint density at radius 1 is 1.24 bits per heavy atom. The van der Waals surface area contributed by atoms with Crippen molar-refractivity contribution in [2.45, 2.75) is 17.1 Å². The van der Waals surface area contributed by atoms with Crippen LogP contribution in [-0.2, 0) is 25.8 Å². The van der Waals surface area contributed by atoms with Crippen molar-refractivity contribution < 1.29 is 31.9 Å². The fraction of sp³-hybridized carbons (Fsp3) is 0.333. The molecule has 0 aliphatic heterocycles. The number of amides is 1. The molecular weight excluding hydrogens is 308 g/mol. The molecule has 9 heteroatoms. The number of nitrogens with zero attached hydrogens (tertiary/aromatic N) is 1. The van der Waals surface area contributed by atoms with Crippen LogP contribution in [0, 0.1) is 0 Å². The Hall–Kier alpha value is -2.03. The van der Waals surface area contributed by atoms with Gasteiger partial charge in [0.05, 0.1) is 11.3 Å². The highest BCUT2D eigenvalue weighted by Crippen LogP contribution is 2.18. The number of hydrogen-bond acceptors (Lipinski definition) is 4.